The fourth-order valence-electron chi connectivity index (χ4n) is 3.91. The molecule has 6 heteroatoms. The van der Waals surface area contributed by atoms with Crippen LogP contribution in [-0.2, 0) is 22.6 Å². The number of quaternary nitrogens is 2. The lowest BCUT2D eigenvalue weighted by molar-refractivity contribution is -0.935. The molecule has 2 aromatic rings. The topological polar surface area (TPSA) is 52.5 Å². The Morgan fingerprint density at radius 2 is 1.96 bits per heavy atom. The second-order valence-electron chi connectivity index (χ2n) is 7.71. The molecule has 1 aliphatic heterocycles. The highest BCUT2D eigenvalue weighted by Crippen LogP contribution is 2.07. The third-order valence-corrected chi connectivity index (χ3v) is 5.46. The Labute approximate surface area is 168 Å². The van der Waals surface area contributed by atoms with Crippen molar-refractivity contribution in [3.05, 3.63) is 59.9 Å². The van der Waals surface area contributed by atoms with Gasteiger partial charge in [0.05, 0.1) is 25.5 Å². The quantitative estimate of drug-likeness (QED) is 0.455. The Hall–Kier alpha value is -1.70. The Balaban J connectivity index is 1.58. The van der Waals surface area contributed by atoms with Gasteiger partial charge in [0.1, 0.15) is 39.3 Å². The summed E-state index contributed by atoms with van der Waals surface area (Å²) in [5.41, 5.74) is 2.59. The number of nitrogens with zero attached hydrogens (tertiary/aromatic N) is 1. The maximum atomic E-state index is 10.7. The highest BCUT2D eigenvalue weighted by atomic mass is 16.5. The van der Waals surface area contributed by atoms with Gasteiger partial charge in [-0.15, -0.1) is 0 Å². The first kappa shape index (κ1) is 21.0. The monoisotopic (exact) mass is 389 g/mol. The number of aliphatic hydroxyl groups excluding tert-OH is 1. The zero-order chi connectivity index (χ0) is 19.6. The van der Waals surface area contributed by atoms with E-state index in [0.717, 1.165) is 59.0 Å². The Kier molecular flexibility index (Phi) is 8.51. The molecule has 1 aliphatic rings. The van der Waals surface area contributed by atoms with Crippen LogP contribution in [0.25, 0.3) is 0 Å². The molecule has 0 radical (unpaired) electrons. The van der Waals surface area contributed by atoms with Gasteiger partial charge in [-0.1, -0.05) is 30.3 Å². The smallest absolute Gasteiger partial charge is 0.152 e. The summed E-state index contributed by atoms with van der Waals surface area (Å²) in [6.07, 6.45) is 1.84. The first-order chi connectivity index (χ1) is 13.7. The van der Waals surface area contributed by atoms with E-state index in [1.165, 1.54) is 21.1 Å². The van der Waals surface area contributed by atoms with Crippen LogP contribution < -0.4 is 9.80 Å². The van der Waals surface area contributed by atoms with Crippen molar-refractivity contribution in [2.24, 2.45) is 0 Å². The van der Waals surface area contributed by atoms with Crippen LogP contribution in [0.5, 0.6) is 0 Å². The summed E-state index contributed by atoms with van der Waals surface area (Å²) in [6, 6.07) is 14.8. The molecule has 1 unspecified atom stereocenters. The Morgan fingerprint density at radius 1 is 1.18 bits per heavy atom. The highest BCUT2D eigenvalue weighted by Gasteiger charge is 2.23. The molecule has 1 aromatic carbocycles. The molecule has 0 saturated carbocycles. The summed E-state index contributed by atoms with van der Waals surface area (Å²) in [5.74, 6) is 0. The fraction of sp³-hybridized carbons (Fsp3) is 0.545. The van der Waals surface area contributed by atoms with Crippen molar-refractivity contribution in [2.45, 2.75) is 19.2 Å². The predicted molar refractivity (Wildman–Crippen MR) is 109 cm³/mol. The maximum Gasteiger partial charge on any atom is 0.152 e. The number of aromatic nitrogens is 1. The summed E-state index contributed by atoms with van der Waals surface area (Å²) in [7, 11) is 1.74. The molecule has 1 aromatic heterocycles. The first-order valence-electron chi connectivity index (χ1n) is 10.3. The molecule has 3 rings (SSSR count). The molecule has 0 spiro atoms. The zero-order valence-electron chi connectivity index (χ0n) is 17.0. The molecule has 0 amide bonds. The summed E-state index contributed by atoms with van der Waals surface area (Å²) in [4.78, 5) is 2.80. The van der Waals surface area contributed by atoms with E-state index >= 15 is 0 Å². The van der Waals surface area contributed by atoms with E-state index in [0.29, 0.717) is 6.61 Å². The van der Waals surface area contributed by atoms with Gasteiger partial charge in [0, 0.05) is 19.9 Å². The van der Waals surface area contributed by atoms with Gasteiger partial charge in [-0.3, -0.25) is 0 Å². The van der Waals surface area contributed by atoms with Crippen LogP contribution in [0.15, 0.2) is 48.7 Å². The lowest BCUT2D eigenvalue weighted by atomic mass is 10.2. The fourth-order valence-corrected chi connectivity index (χ4v) is 3.91. The number of methoxy groups -OCH3 is 1. The van der Waals surface area contributed by atoms with Gasteiger partial charge in [-0.05, 0) is 17.7 Å². The van der Waals surface area contributed by atoms with Crippen LogP contribution in [0.3, 0.4) is 0 Å². The van der Waals surface area contributed by atoms with Gasteiger partial charge in [0.25, 0.3) is 0 Å². The van der Waals surface area contributed by atoms with E-state index in [4.69, 9.17) is 9.47 Å². The minimum absolute atomic E-state index is 0.308. The summed E-state index contributed by atoms with van der Waals surface area (Å²) in [6.45, 7) is 8.47. The molecule has 0 bridgehead atoms. The summed E-state index contributed by atoms with van der Waals surface area (Å²) in [5, 5.41) is 10.7. The van der Waals surface area contributed by atoms with Gasteiger partial charge in [-0.25, -0.2) is 0 Å². The molecule has 154 valence electrons. The molecule has 0 aliphatic carbocycles. The molecule has 6 nitrogen and oxygen atoms in total. The second kappa shape index (κ2) is 11.3. The van der Waals surface area contributed by atoms with E-state index in [-0.39, 0.29) is 6.10 Å². The van der Waals surface area contributed by atoms with Gasteiger partial charge in [0.15, 0.2) is 6.10 Å². The summed E-state index contributed by atoms with van der Waals surface area (Å²) >= 11 is 0. The molecular weight excluding hydrogens is 354 g/mol. The van der Waals surface area contributed by atoms with Crippen LogP contribution in [0.2, 0.25) is 0 Å². The van der Waals surface area contributed by atoms with Gasteiger partial charge in [-0.2, -0.15) is 0 Å². The van der Waals surface area contributed by atoms with Crippen molar-refractivity contribution >= 4 is 0 Å². The lowest BCUT2D eigenvalue weighted by Gasteiger charge is -2.27. The normalized spacial score (nSPS) is 17.5. The van der Waals surface area contributed by atoms with E-state index in [1.54, 1.807) is 7.11 Å². The molecular formula is C22H35N3O3+2. The lowest BCUT2D eigenvalue weighted by Crippen LogP contribution is -3.17. The predicted octanol–water partition coefficient (Wildman–Crippen LogP) is -1.16. The largest absolute Gasteiger partial charge is 0.382 e. The van der Waals surface area contributed by atoms with Crippen molar-refractivity contribution < 1.29 is 24.4 Å². The highest BCUT2D eigenvalue weighted by molar-refractivity contribution is 5.17. The second-order valence-corrected chi connectivity index (χ2v) is 7.71. The zero-order valence-corrected chi connectivity index (χ0v) is 17.0. The number of benzene rings is 1. The van der Waals surface area contributed by atoms with Crippen molar-refractivity contribution in [1.82, 2.24) is 4.57 Å². The van der Waals surface area contributed by atoms with Crippen molar-refractivity contribution in [3.8, 4) is 0 Å². The molecule has 3 N–H and O–H groups in total. The van der Waals surface area contributed by atoms with Crippen molar-refractivity contribution in [1.29, 1.82) is 0 Å². The molecule has 2 heterocycles. The van der Waals surface area contributed by atoms with Crippen molar-refractivity contribution in [3.63, 3.8) is 0 Å². The third-order valence-electron chi connectivity index (χ3n) is 5.46. The van der Waals surface area contributed by atoms with Crippen LogP contribution >= 0.6 is 0 Å². The van der Waals surface area contributed by atoms with E-state index in [2.05, 4.69) is 53.2 Å². The first-order valence-corrected chi connectivity index (χ1v) is 10.3. The number of nitrogens with one attached hydrogen (secondary N) is 2. The number of hydrogen-bond donors (Lipinski definition) is 3. The van der Waals surface area contributed by atoms with Crippen LogP contribution in [0.1, 0.15) is 11.3 Å². The average molecular weight is 390 g/mol. The number of hydrogen-bond acceptors (Lipinski definition) is 3. The SMILES string of the molecule is COCC[NH+](Cc1cccn1Cc1ccccc1)C[C@@H](O)C[NH+]1CCOCC1. The van der Waals surface area contributed by atoms with Crippen LogP contribution in [0, 0.1) is 0 Å². The third kappa shape index (κ3) is 6.72. The van der Waals surface area contributed by atoms with E-state index < -0.39 is 0 Å². The Morgan fingerprint density at radius 3 is 2.71 bits per heavy atom. The van der Waals surface area contributed by atoms with Crippen LogP contribution in [-0.4, -0.2) is 75.4 Å². The number of morpholine rings is 1. The molecule has 1 fully saturated rings. The minimum atomic E-state index is -0.308. The van der Waals surface area contributed by atoms with Crippen molar-refractivity contribution in [2.75, 3.05) is 59.7 Å². The number of rotatable bonds is 11. The number of ether oxygens (including phenoxy) is 2. The molecule has 1 saturated heterocycles. The molecule has 2 atom stereocenters. The van der Waals surface area contributed by atoms with E-state index in [9.17, 15) is 5.11 Å². The standard InChI is InChI=1S/C22H33N3O3/c1-27-13-10-24(19-22(26)18-23-11-14-28-15-12-23)17-21-8-5-9-25(21)16-20-6-3-2-4-7-20/h2-9,22,26H,10-19H2,1H3/p+2/t22-/m0/s1. The Bertz CT molecular complexity index is 671. The average Bonchev–Trinajstić information content (AvgIpc) is 3.14. The summed E-state index contributed by atoms with van der Waals surface area (Å²) < 4.78 is 13.0. The molecule has 28 heavy (non-hydrogen) atoms. The van der Waals surface area contributed by atoms with Gasteiger partial charge in [0.2, 0.25) is 0 Å². The van der Waals surface area contributed by atoms with Gasteiger partial charge < -0.3 is 28.9 Å². The minimum Gasteiger partial charge on any atom is -0.382 e. The maximum absolute atomic E-state index is 10.7. The van der Waals surface area contributed by atoms with Crippen LogP contribution in [0.4, 0.5) is 0 Å². The number of aliphatic hydroxyl groups is 1. The van der Waals surface area contributed by atoms with Gasteiger partial charge >= 0.3 is 0 Å². The van der Waals surface area contributed by atoms with E-state index in [1.807, 2.05) is 0 Å².